The lowest BCUT2D eigenvalue weighted by Crippen LogP contribution is -1.99. The highest BCUT2D eigenvalue weighted by molar-refractivity contribution is 7.99. The molecule has 0 aliphatic carbocycles. The first kappa shape index (κ1) is 13.9. The third kappa shape index (κ3) is 3.71. The molecular weight excluding hydrogens is 280 g/mol. The molecule has 4 nitrogen and oxygen atoms in total. The molecule has 0 spiro atoms. The van der Waals surface area contributed by atoms with Crippen LogP contribution in [0.25, 0.3) is 0 Å². The van der Waals surface area contributed by atoms with Crippen molar-refractivity contribution in [3.63, 3.8) is 0 Å². The number of nitro groups is 1. The van der Waals surface area contributed by atoms with E-state index in [1.54, 1.807) is 17.8 Å². The molecule has 2 aromatic rings. The van der Waals surface area contributed by atoms with Gasteiger partial charge in [0.1, 0.15) is 0 Å². The topological polar surface area (TPSA) is 55.2 Å². The Morgan fingerprint density at radius 3 is 2.89 bits per heavy atom. The summed E-state index contributed by atoms with van der Waals surface area (Å²) < 4.78 is 0. The van der Waals surface area contributed by atoms with Crippen LogP contribution in [0.3, 0.4) is 0 Å². The van der Waals surface area contributed by atoms with E-state index in [9.17, 15) is 10.1 Å². The van der Waals surface area contributed by atoms with Crippen LogP contribution in [0.5, 0.6) is 0 Å². The van der Waals surface area contributed by atoms with Gasteiger partial charge in [0.25, 0.3) is 0 Å². The first-order valence-electron chi connectivity index (χ1n) is 5.88. The van der Waals surface area contributed by atoms with E-state index in [2.05, 4.69) is 18.3 Å². The van der Waals surface area contributed by atoms with Crippen LogP contribution in [0, 0.1) is 10.1 Å². The van der Waals surface area contributed by atoms with Gasteiger partial charge >= 0.3 is 5.00 Å². The lowest BCUT2D eigenvalue weighted by Gasteiger charge is -2.09. The summed E-state index contributed by atoms with van der Waals surface area (Å²) in [4.78, 5) is 11.5. The fourth-order valence-corrected chi connectivity index (χ4v) is 3.15. The van der Waals surface area contributed by atoms with Gasteiger partial charge in [-0.05, 0) is 23.4 Å². The molecule has 1 aromatic carbocycles. The molecule has 0 fully saturated rings. The van der Waals surface area contributed by atoms with Crippen molar-refractivity contribution in [2.45, 2.75) is 18.4 Å². The van der Waals surface area contributed by atoms with E-state index in [4.69, 9.17) is 0 Å². The monoisotopic (exact) mass is 294 g/mol. The average molecular weight is 294 g/mol. The number of hydrogen-bond donors (Lipinski definition) is 1. The summed E-state index contributed by atoms with van der Waals surface area (Å²) >= 11 is 2.94. The number of thiophene rings is 1. The van der Waals surface area contributed by atoms with Crippen molar-refractivity contribution in [2.24, 2.45) is 0 Å². The van der Waals surface area contributed by atoms with Crippen LogP contribution in [0.4, 0.5) is 10.7 Å². The number of benzene rings is 1. The molecule has 6 heteroatoms. The zero-order valence-corrected chi connectivity index (χ0v) is 12.1. The van der Waals surface area contributed by atoms with Gasteiger partial charge in [0.05, 0.1) is 4.92 Å². The quantitative estimate of drug-likeness (QED) is 0.488. The lowest BCUT2D eigenvalue weighted by atomic mass is 10.3. The first-order valence-corrected chi connectivity index (χ1v) is 7.74. The maximum Gasteiger partial charge on any atom is 0.324 e. The van der Waals surface area contributed by atoms with Crippen LogP contribution < -0.4 is 5.32 Å². The SMILES string of the molecule is CCSc1ccccc1NCc1csc([N+](=O)[O-])c1. The summed E-state index contributed by atoms with van der Waals surface area (Å²) in [5.41, 5.74) is 2.01. The zero-order chi connectivity index (χ0) is 13.7. The number of anilines is 1. The highest BCUT2D eigenvalue weighted by Gasteiger charge is 2.09. The van der Waals surface area contributed by atoms with Crippen molar-refractivity contribution in [3.05, 3.63) is 51.4 Å². The van der Waals surface area contributed by atoms with Gasteiger partial charge in [-0.15, -0.1) is 11.8 Å². The normalized spacial score (nSPS) is 10.4. The number of rotatable bonds is 6. The van der Waals surface area contributed by atoms with Crippen molar-refractivity contribution in [2.75, 3.05) is 11.1 Å². The highest BCUT2D eigenvalue weighted by Crippen LogP contribution is 2.28. The Morgan fingerprint density at radius 1 is 1.42 bits per heavy atom. The van der Waals surface area contributed by atoms with Crippen molar-refractivity contribution in [1.82, 2.24) is 0 Å². The predicted molar refractivity (Wildman–Crippen MR) is 81.1 cm³/mol. The molecule has 0 saturated carbocycles. The number of nitrogens with one attached hydrogen (secondary N) is 1. The molecule has 0 atom stereocenters. The number of hydrogen-bond acceptors (Lipinski definition) is 5. The summed E-state index contributed by atoms with van der Waals surface area (Å²) in [6, 6.07) is 9.72. The maximum absolute atomic E-state index is 10.6. The molecule has 0 amide bonds. The Hall–Kier alpha value is -1.53. The van der Waals surface area contributed by atoms with Gasteiger partial charge in [-0.1, -0.05) is 30.4 Å². The lowest BCUT2D eigenvalue weighted by molar-refractivity contribution is -0.380. The van der Waals surface area contributed by atoms with Crippen LogP contribution >= 0.6 is 23.1 Å². The maximum atomic E-state index is 10.6. The smallest absolute Gasteiger partial charge is 0.324 e. The molecule has 19 heavy (non-hydrogen) atoms. The van der Waals surface area contributed by atoms with Gasteiger partial charge in [0, 0.05) is 28.6 Å². The molecular formula is C13H14N2O2S2. The molecule has 0 radical (unpaired) electrons. The summed E-state index contributed by atoms with van der Waals surface area (Å²) in [6.07, 6.45) is 0. The molecule has 1 N–H and O–H groups in total. The average Bonchev–Trinajstić information content (AvgIpc) is 2.87. The van der Waals surface area contributed by atoms with E-state index < -0.39 is 0 Å². The highest BCUT2D eigenvalue weighted by atomic mass is 32.2. The Bertz CT molecular complexity index is 569. The third-order valence-corrected chi connectivity index (χ3v) is 4.37. The fourth-order valence-electron chi connectivity index (χ4n) is 1.64. The largest absolute Gasteiger partial charge is 0.380 e. The molecule has 2 rings (SSSR count). The van der Waals surface area contributed by atoms with E-state index in [1.165, 1.54) is 4.90 Å². The minimum Gasteiger partial charge on any atom is -0.380 e. The van der Waals surface area contributed by atoms with Crippen molar-refractivity contribution >= 4 is 33.8 Å². The molecule has 100 valence electrons. The van der Waals surface area contributed by atoms with Crippen molar-refractivity contribution in [3.8, 4) is 0 Å². The van der Waals surface area contributed by atoms with Crippen LogP contribution in [0.15, 0.2) is 40.6 Å². The van der Waals surface area contributed by atoms with Crippen molar-refractivity contribution in [1.29, 1.82) is 0 Å². The van der Waals surface area contributed by atoms with Crippen LogP contribution in [-0.2, 0) is 6.54 Å². The van der Waals surface area contributed by atoms with Gasteiger partial charge in [0.15, 0.2) is 0 Å². The van der Waals surface area contributed by atoms with Gasteiger partial charge < -0.3 is 5.32 Å². The van der Waals surface area contributed by atoms with E-state index in [0.717, 1.165) is 28.3 Å². The zero-order valence-electron chi connectivity index (χ0n) is 10.5. The number of para-hydroxylation sites is 1. The van der Waals surface area contributed by atoms with E-state index in [1.807, 2.05) is 23.6 Å². The molecule has 1 aromatic heterocycles. The third-order valence-electron chi connectivity index (χ3n) is 2.49. The van der Waals surface area contributed by atoms with Gasteiger partial charge in [-0.25, -0.2) is 0 Å². The summed E-state index contributed by atoms with van der Waals surface area (Å²) in [5.74, 6) is 1.02. The number of thioether (sulfide) groups is 1. The Morgan fingerprint density at radius 2 is 2.21 bits per heavy atom. The summed E-state index contributed by atoms with van der Waals surface area (Å²) in [6.45, 7) is 2.72. The van der Waals surface area contributed by atoms with Crippen LogP contribution in [-0.4, -0.2) is 10.7 Å². The Kier molecular flexibility index (Phi) is 4.81. The Labute approximate surface area is 120 Å². The van der Waals surface area contributed by atoms with Crippen molar-refractivity contribution < 1.29 is 4.92 Å². The predicted octanol–water partition coefficient (Wildman–Crippen LogP) is 4.38. The van der Waals surface area contributed by atoms with E-state index in [0.29, 0.717) is 6.54 Å². The minimum atomic E-state index is -0.352. The van der Waals surface area contributed by atoms with Gasteiger partial charge in [-0.3, -0.25) is 10.1 Å². The second-order valence-electron chi connectivity index (χ2n) is 3.83. The summed E-state index contributed by atoms with van der Waals surface area (Å²) in [7, 11) is 0. The molecule has 0 aliphatic rings. The van der Waals surface area contributed by atoms with Gasteiger partial charge in [0.2, 0.25) is 0 Å². The first-order chi connectivity index (χ1) is 9.20. The molecule has 0 saturated heterocycles. The second-order valence-corrected chi connectivity index (χ2v) is 6.03. The van der Waals surface area contributed by atoms with Gasteiger partial charge in [-0.2, -0.15) is 0 Å². The number of nitrogens with zero attached hydrogens (tertiary/aromatic N) is 1. The minimum absolute atomic E-state index is 0.188. The fraction of sp³-hybridized carbons (Fsp3) is 0.231. The van der Waals surface area contributed by atoms with Crippen LogP contribution in [0.2, 0.25) is 0 Å². The van der Waals surface area contributed by atoms with E-state index in [-0.39, 0.29) is 9.92 Å². The molecule has 1 heterocycles. The standard InChI is InChI=1S/C13H14N2O2S2/c1-2-18-12-6-4-3-5-11(12)14-8-10-7-13(15(16)17)19-9-10/h3-7,9,14H,2,8H2,1H3. The second kappa shape index (κ2) is 6.58. The summed E-state index contributed by atoms with van der Waals surface area (Å²) in [5, 5.41) is 16.0. The molecule has 0 aliphatic heterocycles. The van der Waals surface area contributed by atoms with Crippen LogP contribution in [0.1, 0.15) is 12.5 Å². The molecule has 0 bridgehead atoms. The Balaban J connectivity index is 2.03. The van der Waals surface area contributed by atoms with E-state index >= 15 is 0 Å². The molecule has 0 unspecified atom stereocenters.